The standard InChI is InChI=1S/C12H17IN2O2/c1-17-11-6-5-8(13)7-9(11)10(14)3-2-4-12(15)16/h5-7,10H,2-4,14H2,1H3,(H2,15,16). The molecule has 0 spiro atoms. The molecule has 5 heteroatoms. The minimum Gasteiger partial charge on any atom is -0.496 e. The smallest absolute Gasteiger partial charge is 0.217 e. The predicted molar refractivity (Wildman–Crippen MR) is 75.7 cm³/mol. The number of carbonyl (C=O) groups is 1. The maximum atomic E-state index is 10.7. The molecule has 1 rings (SSSR count). The molecule has 1 aromatic carbocycles. The Bertz CT molecular complexity index is 396. The molecule has 0 aliphatic heterocycles. The van der Waals surface area contributed by atoms with Crippen molar-refractivity contribution in [2.45, 2.75) is 25.3 Å². The van der Waals surface area contributed by atoms with E-state index in [1.54, 1.807) is 7.11 Å². The molecular weight excluding hydrogens is 331 g/mol. The fourth-order valence-corrected chi connectivity index (χ4v) is 2.16. The van der Waals surface area contributed by atoms with Crippen molar-refractivity contribution in [2.75, 3.05) is 7.11 Å². The van der Waals surface area contributed by atoms with Gasteiger partial charge in [-0.3, -0.25) is 4.79 Å². The average molecular weight is 348 g/mol. The molecule has 0 saturated carbocycles. The number of benzene rings is 1. The van der Waals surface area contributed by atoms with Gasteiger partial charge in [0.05, 0.1) is 7.11 Å². The molecular formula is C12H17IN2O2. The van der Waals surface area contributed by atoms with E-state index in [2.05, 4.69) is 22.6 Å². The quantitative estimate of drug-likeness (QED) is 0.772. The van der Waals surface area contributed by atoms with Crippen molar-refractivity contribution in [3.8, 4) is 5.75 Å². The monoisotopic (exact) mass is 348 g/mol. The molecule has 0 saturated heterocycles. The number of hydrogen-bond acceptors (Lipinski definition) is 3. The molecule has 0 fully saturated rings. The lowest BCUT2D eigenvalue weighted by Crippen LogP contribution is -2.14. The Morgan fingerprint density at radius 1 is 1.53 bits per heavy atom. The average Bonchev–Trinajstić information content (AvgIpc) is 2.28. The largest absolute Gasteiger partial charge is 0.496 e. The second-order valence-corrected chi connectivity index (χ2v) is 5.10. The van der Waals surface area contributed by atoms with E-state index in [9.17, 15) is 4.79 Å². The first kappa shape index (κ1) is 14.2. The Kier molecular flexibility index (Phi) is 5.70. The Hall–Kier alpha value is -0.820. The topological polar surface area (TPSA) is 78.3 Å². The summed E-state index contributed by atoms with van der Waals surface area (Å²) in [5.41, 5.74) is 12.2. The number of hydrogen-bond donors (Lipinski definition) is 2. The van der Waals surface area contributed by atoms with Crippen LogP contribution in [-0.2, 0) is 4.79 Å². The molecule has 1 aromatic rings. The van der Waals surface area contributed by atoms with Crippen LogP contribution in [0.25, 0.3) is 0 Å². The van der Waals surface area contributed by atoms with Crippen molar-refractivity contribution in [2.24, 2.45) is 11.5 Å². The first-order chi connectivity index (χ1) is 8.04. The van der Waals surface area contributed by atoms with E-state index >= 15 is 0 Å². The summed E-state index contributed by atoms with van der Waals surface area (Å²) in [4.78, 5) is 10.7. The van der Waals surface area contributed by atoms with Crippen LogP contribution in [0.15, 0.2) is 18.2 Å². The van der Waals surface area contributed by atoms with Crippen molar-refractivity contribution in [1.82, 2.24) is 0 Å². The number of rotatable bonds is 6. The normalized spacial score (nSPS) is 12.2. The van der Waals surface area contributed by atoms with Crippen molar-refractivity contribution >= 4 is 28.5 Å². The molecule has 17 heavy (non-hydrogen) atoms. The zero-order chi connectivity index (χ0) is 12.8. The van der Waals surface area contributed by atoms with Crippen LogP contribution in [-0.4, -0.2) is 13.0 Å². The minimum absolute atomic E-state index is 0.126. The second kappa shape index (κ2) is 6.80. The lowest BCUT2D eigenvalue weighted by atomic mass is 10.0. The number of halogens is 1. The maximum absolute atomic E-state index is 10.7. The van der Waals surface area contributed by atoms with Gasteiger partial charge in [0.2, 0.25) is 5.91 Å². The first-order valence-electron chi connectivity index (χ1n) is 5.42. The van der Waals surface area contributed by atoms with E-state index in [1.165, 1.54) is 0 Å². The molecule has 94 valence electrons. The predicted octanol–water partition coefficient (Wildman–Crippen LogP) is 1.96. The zero-order valence-corrected chi connectivity index (χ0v) is 11.9. The van der Waals surface area contributed by atoms with Crippen LogP contribution >= 0.6 is 22.6 Å². The van der Waals surface area contributed by atoms with Crippen molar-refractivity contribution < 1.29 is 9.53 Å². The van der Waals surface area contributed by atoms with Gasteiger partial charge in [0.1, 0.15) is 5.75 Å². The van der Waals surface area contributed by atoms with E-state index in [0.29, 0.717) is 12.8 Å². The van der Waals surface area contributed by atoms with E-state index in [0.717, 1.165) is 21.3 Å². The van der Waals surface area contributed by atoms with Crippen LogP contribution in [0, 0.1) is 3.57 Å². The third-order valence-corrected chi connectivity index (χ3v) is 3.20. The van der Waals surface area contributed by atoms with Crippen molar-refractivity contribution in [1.29, 1.82) is 0 Å². The van der Waals surface area contributed by atoms with Gasteiger partial charge in [-0.1, -0.05) is 0 Å². The van der Waals surface area contributed by atoms with Gasteiger partial charge in [0.25, 0.3) is 0 Å². The zero-order valence-electron chi connectivity index (χ0n) is 9.78. The van der Waals surface area contributed by atoms with Crippen LogP contribution in [0.4, 0.5) is 0 Å². The third-order valence-electron chi connectivity index (χ3n) is 2.53. The molecule has 0 radical (unpaired) electrons. The first-order valence-corrected chi connectivity index (χ1v) is 6.49. The summed E-state index contributed by atoms with van der Waals surface area (Å²) >= 11 is 2.23. The van der Waals surface area contributed by atoms with E-state index < -0.39 is 0 Å². The molecule has 0 bridgehead atoms. The lowest BCUT2D eigenvalue weighted by Gasteiger charge is -2.15. The fourth-order valence-electron chi connectivity index (χ4n) is 1.65. The summed E-state index contributed by atoms with van der Waals surface area (Å²) in [5, 5.41) is 0. The maximum Gasteiger partial charge on any atom is 0.217 e. The second-order valence-electron chi connectivity index (χ2n) is 3.85. The van der Waals surface area contributed by atoms with Crippen LogP contribution in [0.2, 0.25) is 0 Å². The number of ether oxygens (including phenoxy) is 1. The van der Waals surface area contributed by atoms with Crippen LogP contribution in [0.3, 0.4) is 0 Å². The number of amides is 1. The summed E-state index contributed by atoms with van der Waals surface area (Å²) in [7, 11) is 1.63. The van der Waals surface area contributed by atoms with E-state index in [1.807, 2.05) is 18.2 Å². The van der Waals surface area contributed by atoms with Gasteiger partial charge in [-0.05, 0) is 53.6 Å². The van der Waals surface area contributed by atoms with Gasteiger partial charge in [0.15, 0.2) is 0 Å². The van der Waals surface area contributed by atoms with Crippen molar-refractivity contribution in [3.05, 3.63) is 27.3 Å². The highest BCUT2D eigenvalue weighted by atomic mass is 127. The van der Waals surface area contributed by atoms with Gasteiger partial charge in [0, 0.05) is 21.6 Å². The highest BCUT2D eigenvalue weighted by Crippen LogP contribution is 2.28. The number of carbonyl (C=O) groups excluding carboxylic acids is 1. The molecule has 4 N–H and O–H groups in total. The molecule has 1 unspecified atom stereocenters. The molecule has 4 nitrogen and oxygen atoms in total. The molecule has 0 heterocycles. The highest BCUT2D eigenvalue weighted by Gasteiger charge is 2.12. The Balaban J connectivity index is 2.69. The van der Waals surface area contributed by atoms with Gasteiger partial charge < -0.3 is 16.2 Å². The number of primary amides is 1. The fraction of sp³-hybridized carbons (Fsp3) is 0.417. The summed E-state index contributed by atoms with van der Waals surface area (Å²) < 4.78 is 6.39. The summed E-state index contributed by atoms with van der Waals surface area (Å²) in [6, 6.07) is 5.76. The summed E-state index contributed by atoms with van der Waals surface area (Å²) in [6.07, 6.45) is 1.80. The van der Waals surface area contributed by atoms with Gasteiger partial charge in [-0.2, -0.15) is 0 Å². The van der Waals surface area contributed by atoms with Gasteiger partial charge in [-0.15, -0.1) is 0 Å². The van der Waals surface area contributed by atoms with Gasteiger partial charge >= 0.3 is 0 Å². The Labute approximate surface area is 115 Å². The lowest BCUT2D eigenvalue weighted by molar-refractivity contribution is -0.118. The molecule has 0 aliphatic rings. The molecule has 0 aliphatic carbocycles. The van der Waals surface area contributed by atoms with Gasteiger partial charge in [-0.25, -0.2) is 0 Å². The Morgan fingerprint density at radius 3 is 2.82 bits per heavy atom. The highest BCUT2D eigenvalue weighted by molar-refractivity contribution is 14.1. The third kappa shape index (κ3) is 4.51. The number of methoxy groups -OCH3 is 1. The van der Waals surface area contributed by atoms with Crippen LogP contribution in [0.1, 0.15) is 30.9 Å². The van der Waals surface area contributed by atoms with E-state index in [-0.39, 0.29) is 11.9 Å². The molecule has 1 atom stereocenters. The van der Waals surface area contributed by atoms with Crippen LogP contribution < -0.4 is 16.2 Å². The number of nitrogens with two attached hydrogens (primary N) is 2. The molecule has 0 aromatic heterocycles. The SMILES string of the molecule is COc1ccc(I)cc1C(N)CCCC(N)=O. The minimum atomic E-state index is -0.285. The Morgan fingerprint density at radius 2 is 2.24 bits per heavy atom. The van der Waals surface area contributed by atoms with E-state index in [4.69, 9.17) is 16.2 Å². The molecule has 1 amide bonds. The van der Waals surface area contributed by atoms with Crippen molar-refractivity contribution in [3.63, 3.8) is 0 Å². The van der Waals surface area contributed by atoms with Crippen LogP contribution in [0.5, 0.6) is 5.75 Å². The summed E-state index contributed by atoms with van der Waals surface area (Å²) in [5.74, 6) is 0.504. The summed E-state index contributed by atoms with van der Waals surface area (Å²) in [6.45, 7) is 0.